The fourth-order valence-electron chi connectivity index (χ4n) is 2.25. The van der Waals surface area contributed by atoms with Crippen molar-refractivity contribution in [3.05, 3.63) is 58.6 Å². The Labute approximate surface area is 149 Å². The van der Waals surface area contributed by atoms with Crippen molar-refractivity contribution in [2.45, 2.75) is 12.8 Å². The van der Waals surface area contributed by atoms with Gasteiger partial charge >= 0.3 is 5.97 Å². The number of hydrogen-bond donors (Lipinski definition) is 2. The fourth-order valence-corrected chi connectivity index (χ4v) is 2.42. The van der Waals surface area contributed by atoms with E-state index in [2.05, 4.69) is 5.32 Å². The first-order chi connectivity index (χ1) is 11.9. The average molecular weight is 362 g/mol. The molecular weight excluding hydrogens is 346 g/mol. The van der Waals surface area contributed by atoms with Crippen LogP contribution in [0.4, 0.5) is 5.69 Å². The molecule has 0 aliphatic heterocycles. The number of anilines is 1. The first-order valence-electron chi connectivity index (χ1n) is 7.41. The van der Waals surface area contributed by atoms with Gasteiger partial charge in [0.05, 0.1) is 23.9 Å². The normalized spacial score (nSPS) is 10.2. The number of hydrogen-bond acceptors (Lipinski definition) is 4. The summed E-state index contributed by atoms with van der Waals surface area (Å²) in [5.41, 5.74) is 0.472. The second-order valence-electron chi connectivity index (χ2n) is 5.17. The van der Waals surface area contributed by atoms with Gasteiger partial charge in [0.2, 0.25) is 5.91 Å². The van der Waals surface area contributed by atoms with Gasteiger partial charge in [-0.25, -0.2) is 4.79 Å². The zero-order valence-corrected chi connectivity index (χ0v) is 14.2. The van der Waals surface area contributed by atoms with Gasteiger partial charge in [0.1, 0.15) is 5.75 Å². The van der Waals surface area contributed by atoms with Crippen molar-refractivity contribution in [2.75, 3.05) is 12.4 Å². The van der Waals surface area contributed by atoms with Crippen LogP contribution in [0.5, 0.6) is 5.75 Å². The Bertz CT molecular complexity index is 819. The Balaban J connectivity index is 2.02. The first kappa shape index (κ1) is 18.5. The van der Waals surface area contributed by atoms with Crippen LogP contribution < -0.4 is 10.1 Å². The molecule has 2 N–H and O–H groups in total. The molecule has 2 aromatic rings. The second-order valence-corrected chi connectivity index (χ2v) is 5.60. The van der Waals surface area contributed by atoms with Crippen LogP contribution in [0.25, 0.3) is 0 Å². The lowest BCUT2D eigenvalue weighted by Gasteiger charge is -2.09. The molecule has 6 nitrogen and oxygen atoms in total. The maximum absolute atomic E-state index is 12.3. The molecule has 0 unspecified atom stereocenters. The van der Waals surface area contributed by atoms with E-state index in [1.54, 1.807) is 24.3 Å². The summed E-state index contributed by atoms with van der Waals surface area (Å²) in [5, 5.41) is 12.0. The molecule has 0 aliphatic carbocycles. The smallest absolute Gasteiger partial charge is 0.337 e. The molecule has 0 atom stereocenters. The lowest BCUT2D eigenvalue weighted by Crippen LogP contribution is -2.16. The molecule has 2 rings (SSSR count). The minimum Gasteiger partial charge on any atom is -0.496 e. The summed E-state index contributed by atoms with van der Waals surface area (Å²) in [7, 11) is 1.44. The highest BCUT2D eigenvalue weighted by atomic mass is 35.5. The van der Waals surface area contributed by atoms with Crippen LogP contribution in [0.3, 0.4) is 0 Å². The molecular formula is C18H16ClNO5. The topological polar surface area (TPSA) is 92.7 Å². The number of ketones is 1. The van der Waals surface area contributed by atoms with Crippen molar-refractivity contribution in [3.63, 3.8) is 0 Å². The van der Waals surface area contributed by atoms with Crippen LogP contribution in [-0.2, 0) is 4.79 Å². The molecule has 0 saturated carbocycles. The summed E-state index contributed by atoms with van der Waals surface area (Å²) in [4.78, 5) is 35.5. The van der Waals surface area contributed by atoms with E-state index in [1.165, 1.54) is 25.3 Å². The molecule has 2 aromatic carbocycles. The van der Waals surface area contributed by atoms with Gasteiger partial charge in [-0.05, 0) is 30.3 Å². The molecule has 0 aliphatic rings. The average Bonchev–Trinajstić information content (AvgIpc) is 2.60. The van der Waals surface area contributed by atoms with E-state index >= 15 is 0 Å². The monoisotopic (exact) mass is 361 g/mol. The Morgan fingerprint density at radius 3 is 2.48 bits per heavy atom. The van der Waals surface area contributed by atoms with Gasteiger partial charge in [-0.15, -0.1) is 0 Å². The number of carboxylic acid groups (broad SMARTS) is 1. The van der Waals surface area contributed by atoms with E-state index in [0.29, 0.717) is 16.3 Å². The number of aromatic carboxylic acids is 1. The van der Waals surface area contributed by atoms with Gasteiger partial charge in [-0.1, -0.05) is 23.7 Å². The summed E-state index contributed by atoms with van der Waals surface area (Å²) >= 11 is 5.89. The lowest BCUT2D eigenvalue weighted by atomic mass is 10.1. The van der Waals surface area contributed by atoms with Gasteiger partial charge in [0, 0.05) is 17.9 Å². The van der Waals surface area contributed by atoms with Crippen molar-refractivity contribution < 1.29 is 24.2 Å². The Hall–Kier alpha value is -2.86. The molecule has 0 aromatic heterocycles. The van der Waals surface area contributed by atoms with E-state index in [9.17, 15) is 14.4 Å². The number of carbonyl (C=O) groups is 3. The predicted molar refractivity (Wildman–Crippen MR) is 93.6 cm³/mol. The molecule has 0 saturated heterocycles. The van der Waals surface area contributed by atoms with Gasteiger partial charge < -0.3 is 15.2 Å². The number of amides is 1. The highest BCUT2D eigenvalue weighted by molar-refractivity contribution is 6.31. The summed E-state index contributed by atoms with van der Waals surface area (Å²) in [5.74, 6) is -1.51. The molecule has 1 amide bonds. The Morgan fingerprint density at radius 1 is 1.08 bits per heavy atom. The maximum Gasteiger partial charge on any atom is 0.337 e. The van der Waals surface area contributed by atoms with Crippen LogP contribution in [0.2, 0.25) is 5.02 Å². The maximum atomic E-state index is 12.3. The molecule has 0 heterocycles. The van der Waals surface area contributed by atoms with Crippen LogP contribution in [0, 0.1) is 0 Å². The number of para-hydroxylation sites is 1. The van der Waals surface area contributed by atoms with E-state index in [4.69, 9.17) is 21.4 Å². The SMILES string of the molecule is COc1ccc(Cl)cc1C(=O)CCC(=O)Nc1ccccc1C(=O)O. The van der Waals surface area contributed by atoms with Crippen LogP contribution >= 0.6 is 11.6 Å². The van der Waals surface area contributed by atoms with Crippen LogP contribution in [0.15, 0.2) is 42.5 Å². The molecule has 25 heavy (non-hydrogen) atoms. The second kappa shape index (κ2) is 8.30. The number of methoxy groups -OCH3 is 1. The van der Waals surface area contributed by atoms with Crippen molar-refractivity contribution in [1.29, 1.82) is 0 Å². The summed E-state index contributed by atoms with van der Waals surface area (Å²) < 4.78 is 5.12. The molecule has 0 bridgehead atoms. The zero-order valence-electron chi connectivity index (χ0n) is 13.4. The van der Waals surface area contributed by atoms with E-state index in [1.807, 2.05) is 0 Å². The van der Waals surface area contributed by atoms with Crippen molar-refractivity contribution in [3.8, 4) is 5.75 Å². The quantitative estimate of drug-likeness (QED) is 0.734. The van der Waals surface area contributed by atoms with Crippen molar-refractivity contribution in [2.24, 2.45) is 0 Å². The number of nitrogens with one attached hydrogen (secondary N) is 1. The number of Topliss-reactive ketones (excluding diaryl/α,β-unsaturated/α-hetero) is 1. The minimum absolute atomic E-state index is 0.0151. The predicted octanol–water partition coefficient (Wildman–Crippen LogP) is 3.65. The lowest BCUT2D eigenvalue weighted by molar-refractivity contribution is -0.116. The summed E-state index contributed by atoms with van der Waals surface area (Å²) in [6.07, 6.45) is -0.153. The zero-order chi connectivity index (χ0) is 18.4. The van der Waals surface area contributed by atoms with E-state index in [0.717, 1.165) is 0 Å². The third-order valence-corrected chi connectivity index (χ3v) is 3.71. The highest BCUT2D eigenvalue weighted by Crippen LogP contribution is 2.24. The first-order valence-corrected chi connectivity index (χ1v) is 7.79. The third kappa shape index (κ3) is 4.81. The van der Waals surface area contributed by atoms with Crippen LogP contribution in [0.1, 0.15) is 33.6 Å². The Kier molecular flexibility index (Phi) is 6.14. The fraction of sp³-hybridized carbons (Fsp3) is 0.167. The molecule has 0 fully saturated rings. The highest BCUT2D eigenvalue weighted by Gasteiger charge is 2.16. The van der Waals surface area contributed by atoms with E-state index < -0.39 is 11.9 Å². The number of ether oxygens (including phenoxy) is 1. The molecule has 130 valence electrons. The third-order valence-electron chi connectivity index (χ3n) is 3.47. The van der Waals surface area contributed by atoms with Gasteiger partial charge in [-0.3, -0.25) is 9.59 Å². The standard InChI is InChI=1S/C18H16ClNO5/c1-25-16-8-6-11(19)10-13(16)15(21)7-9-17(22)20-14-5-3-2-4-12(14)18(23)24/h2-6,8,10H,7,9H2,1H3,(H,20,22)(H,23,24). The number of carboxylic acids is 1. The largest absolute Gasteiger partial charge is 0.496 e. The van der Waals surface area contributed by atoms with Crippen molar-refractivity contribution in [1.82, 2.24) is 0 Å². The summed E-state index contributed by atoms with van der Waals surface area (Å²) in [6.45, 7) is 0. The molecule has 7 heteroatoms. The van der Waals surface area contributed by atoms with Gasteiger partial charge in [0.15, 0.2) is 5.78 Å². The number of benzene rings is 2. The van der Waals surface area contributed by atoms with Gasteiger partial charge in [0.25, 0.3) is 0 Å². The number of halogens is 1. The molecule has 0 radical (unpaired) electrons. The van der Waals surface area contributed by atoms with Crippen LogP contribution in [-0.4, -0.2) is 29.9 Å². The number of carbonyl (C=O) groups excluding carboxylic acids is 2. The minimum atomic E-state index is -1.14. The van der Waals surface area contributed by atoms with Gasteiger partial charge in [-0.2, -0.15) is 0 Å². The Morgan fingerprint density at radius 2 is 1.80 bits per heavy atom. The van der Waals surface area contributed by atoms with Crippen molar-refractivity contribution >= 4 is 34.9 Å². The number of rotatable bonds is 7. The van der Waals surface area contributed by atoms with E-state index in [-0.39, 0.29) is 29.9 Å². The summed E-state index contributed by atoms with van der Waals surface area (Å²) in [6, 6.07) is 10.7. The molecule has 0 spiro atoms.